The van der Waals surface area contributed by atoms with Gasteiger partial charge in [0.1, 0.15) is 4.90 Å². The highest BCUT2D eigenvalue weighted by atomic mass is 35.5. The maximum absolute atomic E-state index is 12.0. The fourth-order valence-electron chi connectivity index (χ4n) is 2.15. The van der Waals surface area contributed by atoms with Crippen molar-refractivity contribution in [1.29, 1.82) is 0 Å². The largest absolute Gasteiger partial charge is 0.452 e. The van der Waals surface area contributed by atoms with E-state index in [-0.39, 0.29) is 21.5 Å². The van der Waals surface area contributed by atoms with Crippen LogP contribution in [0.25, 0.3) is 0 Å². The van der Waals surface area contributed by atoms with Crippen molar-refractivity contribution < 1.29 is 22.7 Å². The van der Waals surface area contributed by atoms with E-state index in [4.69, 9.17) is 21.5 Å². The van der Waals surface area contributed by atoms with Crippen LogP contribution in [0, 0.1) is 0 Å². The summed E-state index contributed by atoms with van der Waals surface area (Å²) in [5.41, 5.74) is -0.0581. The van der Waals surface area contributed by atoms with Gasteiger partial charge in [0.15, 0.2) is 6.61 Å². The van der Waals surface area contributed by atoms with Gasteiger partial charge in [0.25, 0.3) is 5.91 Å². The molecule has 3 N–H and O–H groups in total. The second-order valence-corrected chi connectivity index (χ2v) is 7.67. The molecule has 0 heterocycles. The van der Waals surface area contributed by atoms with Gasteiger partial charge < -0.3 is 10.1 Å². The Morgan fingerprint density at radius 3 is 2.60 bits per heavy atom. The molecule has 1 amide bonds. The minimum atomic E-state index is -4.07. The molecule has 0 saturated carbocycles. The van der Waals surface area contributed by atoms with Gasteiger partial charge in [-0.15, -0.1) is 0 Å². The number of carbonyl (C=O) groups is 2. The number of ether oxygens (including phenoxy) is 1. The van der Waals surface area contributed by atoms with Crippen molar-refractivity contribution >= 4 is 33.5 Å². The second kappa shape index (κ2) is 9.74. The monoisotopic (exact) mass is 390 g/mol. The highest BCUT2D eigenvalue weighted by molar-refractivity contribution is 7.89. The third-order valence-corrected chi connectivity index (χ3v) is 4.85. The molecule has 0 saturated heterocycles. The van der Waals surface area contributed by atoms with Gasteiger partial charge in [-0.1, -0.05) is 37.8 Å². The van der Waals surface area contributed by atoms with Crippen molar-refractivity contribution in [3.8, 4) is 0 Å². The zero-order valence-corrected chi connectivity index (χ0v) is 15.8. The van der Waals surface area contributed by atoms with Gasteiger partial charge in [-0.05, 0) is 31.5 Å². The molecule has 0 aromatic heterocycles. The Morgan fingerprint density at radius 1 is 1.32 bits per heavy atom. The number of sulfonamides is 1. The smallest absolute Gasteiger partial charge is 0.338 e. The van der Waals surface area contributed by atoms with Gasteiger partial charge in [-0.25, -0.2) is 18.4 Å². The van der Waals surface area contributed by atoms with Gasteiger partial charge in [-0.2, -0.15) is 0 Å². The third-order valence-electron chi connectivity index (χ3n) is 3.46. The molecule has 0 aliphatic carbocycles. The van der Waals surface area contributed by atoms with Crippen molar-refractivity contribution in [2.24, 2.45) is 5.14 Å². The molecule has 140 valence electrons. The Kier molecular flexibility index (Phi) is 8.34. The molecule has 7 nitrogen and oxygen atoms in total. The van der Waals surface area contributed by atoms with Crippen LogP contribution in [-0.2, 0) is 19.6 Å². The molecule has 25 heavy (non-hydrogen) atoms. The molecule has 0 unspecified atom stereocenters. The maximum atomic E-state index is 12.0. The van der Waals surface area contributed by atoms with E-state index < -0.39 is 28.5 Å². The number of benzene rings is 1. The van der Waals surface area contributed by atoms with E-state index in [2.05, 4.69) is 12.2 Å². The van der Waals surface area contributed by atoms with Crippen molar-refractivity contribution in [3.63, 3.8) is 0 Å². The average Bonchev–Trinajstić information content (AvgIpc) is 2.52. The predicted octanol–water partition coefficient (Wildman–Crippen LogP) is 2.23. The summed E-state index contributed by atoms with van der Waals surface area (Å²) in [6.07, 6.45) is 4.05. The van der Waals surface area contributed by atoms with Gasteiger partial charge in [0.05, 0.1) is 10.6 Å². The first-order chi connectivity index (χ1) is 11.6. The van der Waals surface area contributed by atoms with E-state index in [1.807, 2.05) is 6.92 Å². The lowest BCUT2D eigenvalue weighted by molar-refractivity contribution is -0.124. The van der Waals surface area contributed by atoms with Gasteiger partial charge in [0.2, 0.25) is 10.0 Å². The fraction of sp³-hybridized carbons (Fsp3) is 0.500. The summed E-state index contributed by atoms with van der Waals surface area (Å²) in [5, 5.41) is 7.66. The Bertz CT molecular complexity index is 721. The highest BCUT2D eigenvalue weighted by Gasteiger charge is 2.18. The number of halogens is 1. The molecule has 9 heteroatoms. The third kappa shape index (κ3) is 7.41. The van der Waals surface area contributed by atoms with Crippen LogP contribution in [0.5, 0.6) is 0 Å². The average molecular weight is 391 g/mol. The van der Waals surface area contributed by atoms with E-state index in [9.17, 15) is 18.0 Å². The maximum Gasteiger partial charge on any atom is 0.338 e. The fourth-order valence-corrected chi connectivity index (χ4v) is 3.22. The van der Waals surface area contributed by atoms with Crippen LogP contribution in [0.4, 0.5) is 0 Å². The number of esters is 1. The lowest BCUT2D eigenvalue weighted by Gasteiger charge is -2.13. The summed E-state index contributed by atoms with van der Waals surface area (Å²) in [4.78, 5) is 23.4. The van der Waals surface area contributed by atoms with Crippen molar-refractivity contribution in [2.75, 3.05) is 6.61 Å². The Labute approximate surface area is 152 Å². The van der Waals surface area contributed by atoms with E-state index >= 15 is 0 Å². The molecule has 0 radical (unpaired) electrons. The summed E-state index contributed by atoms with van der Waals surface area (Å²) in [6.45, 7) is 3.53. The number of primary sulfonamides is 1. The Morgan fingerprint density at radius 2 is 2.00 bits per heavy atom. The SMILES string of the molecule is CCCCC[C@H](C)NC(=O)COC(=O)c1ccc(Cl)c(S(N)(=O)=O)c1. The first-order valence-corrected chi connectivity index (χ1v) is 9.86. The standard InChI is InChI=1S/C16H23ClN2O5S/c1-3-4-5-6-11(2)19-15(20)10-24-16(21)12-7-8-13(17)14(9-12)25(18,22)23/h7-9,11H,3-6,10H2,1-2H3,(H,19,20)(H2,18,22,23)/t11-/m0/s1. The van der Waals surface area contributed by atoms with E-state index in [0.717, 1.165) is 31.7 Å². The van der Waals surface area contributed by atoms with Crippen LogP contribution in [0.2, 0.25) is 5.02 Å². The van der Waals surface area contributed by atoms with Gasteiger partial charge >= 0.3 is 5.97 Å². The van der Waals surface area contributed by atoms with E-state index in [0.29, 0.717) is 0 Å². The topological polar surface area (TPSA) is 116 Å². The van der Waals surface area contributed by atoms with Crippen LogP contribution in [0.1, 0.15) is 49.9 Å². The Balaban J connectivity index is 2.58. The van der Waals surface area contributed by atoms with Crippen LogP contribution < -0.4 is 10.5 Å². The van der Waals surface area contributed by atoms with Crippen molar-refractivity contribution in [2.45, 2.75) is 50.5 Å². The van der Waals surface area contributed by atoms with E-state index in [1.165, 1.54) is 12.1 Å². The van der Waals surface area contributed by atoms with Gasteiger partial charge in [0, 0.05) is 6.04 Å². The minimum Gasteiger partial charge on any atom is -0.452 e. The molecule has 1 atom stereocenters. The predicted molar refractivity (Wildman–Crippen MR) is 94.9 cm³/mol. The molecule has 0 fully saturated rings. The second-order valence-electron chi connectivity index (χ2n) is 5.73. The number of unbranched alkanes of at least 4 members (excludes halogenated alkanes) is 2. The lowest BCUT2D eigenvalue weighted by atomic mass is 10.1. The molecular weight excluding hydrogens is 368 g/mol. The zero-order chi connectivity index (χ0) is 19.0. The molecule has 1 aromatic carbocycles. The van der Waals surface area contributed by atoms with Crippen LogP contribution in [-0.4, -0.2) is 32.9 Å². The zero-order valence-electron chi connectivity index (χ0n) is 14.2. The number of hydrogen-bond donors (Lipinski definition) is 2. The first kappa shape index (κ1) is 21.4. The number of carbonyl (C=O) groups excluding carboxylic acids is 2. The lowest BCUT2D eigenvalue weighted by Crippen LogP contribution is -2.35. The molecule has 1 rings (SSSR count). The summed E-state index contributed by atoms with van der Waals surface area (Å²) in [5.74, 6) is -1.26. The highest BCUT2D eigenvalue weighted by Crippen LogP contribution is 2.21. The molecule has 0 aliphatic rings. The number of nitrogens with one attached hydrogen (secondary N) is 1. The molecule has 0 spiro atoms. The normalized spacial score (nSPS) is 12.5. The molecule has 0 bridgehead atoms. The van der Waals surface area contributed by atoms with Crippen LogP contribution >= 0.6 is 11.6 Å². The van der Waals surface area contributed by atoms with Crippen LogP contribution in [0.15, 0.2) is 23.1 Å². The quantitative estimate of drug-likeness (QED) is 0.495. The number of amides is 1. The number of hydrogen-bond acceptors (Lipinski definition) is 5. The van der Waals surface area contributed by atoms with Crippen molar-refractivity contribution in [3.05, 3.63) is 28.8 Å². The summed E-state index contributed by atoms with van der Waals surface area (Å²) >= 11 is 5.75. The van der Waals surface area contributed by atoms with Crippen LogP contribution in [0.3, 0.4) is 0 Å². The molecule has 0 aliphatic heterocycles. The van der Waals surface area contributed by atoms with Crippen molar-refractivity contribution in [1.82, 2.24) is 5.32 Å². The minimum absolute atomic E-state index is 0.0118. The number of rotatable bonds is 9. The molecule has 1 aromatic rings. The summed E-state index contributed by atoms with van der Waals surface area (Å²) < 4.78 is 27.7. The first-order valence-electron chi connectivity index (χ1n) is 7.94. The summed E-state index contributed by atoms with van der Waals surface area (Å²) in [6, 6.07) is 3.53. The number of nitrogens with two attached hydrogens (primary N) is 1. The molecular formula is C16H23ClN2O5S. The van der Waals surface area contributed by atoms with Gasteiger partial charge in [-0.3, -0.25) is 4.79 Å². The summed E-state index contributed by atoms with van der Waals surface area (Å²) in [7, 11) is -4.07. The van der Waals surface area contributed by atoms with E-state index in [1.54, 1.807) is 0 Å². The Hall–Kier alpha value is -1.64.